The summed E-state index contributed by atoms with van der Waals surface area (Å²) in [6, 6.07) is 13.5. The molecule has 0 aliphatic carbocycles. The molecule has 188 valence electrons. The van der Waals surface area contributed by atoms with Crippen molar-refractivity contribution in [1.82, 2.24) is 15.8 Å². The minimum absolute atomic E-state index is 0.228. The molecule has 0 amide bonds. The molecule has 0 bridgehead atoms. The van der Waals surface area contributed by atoms with Gasteiger partial charge in [0.15, 0.2) is 0 Å². The van der Waals surface area contributed by atoms with Crippen LogP contribution in [0.15, 0.2) is 60.5 Å². The molecule has 1 fully saturated rings. The second-order valence-electron chi connectivity index (χ2n) is 8.18. The van der Waals surface area contributed by atoms with Gasteiger partial charge in [0.05, 0.1) is 11.5 Å². The Hall–Kier alpha value is -2.16. The molecule has 4 N–H and O–H groups in total. The van der Waals surface area contributed by atoms with E-state index in [1.807, 2.05) is 43.5 Å². The molecule has 0 saturated carbocycles. The molecule has 0 radical (unpaired) electrons. The van der Waals surface area contributed by atoms with E-state index < -0.39 is 6.04 Å². The van der Waals surface area contributed by atoms with Crippen molar-refractivity contribution in [3.8, 4) is 0 Å². The van der Waals surface area contributed by atoms with E-state index in [2.05, 4.69) is 47.6 Å². The van der Waals surface area contributed by atoms with E-state index in [0.717, 1.165) is 45.2 Å². The summed E-state index contributed by atoms with van der Waals surface area (Å²) in [7, 11) is 2.12. The Kier molecular flexibility index (Phi) is 14.5. The van der Waals surface area contributed by atoms with Crippen LogP contribution in [0.1, 0.15) is 44.1 Å². The number of thiophene rings is 1. The number of nitrogens with zero attached hydrogens (tertiary/aromatic N) is 1. The van der Waals surface area contributed by atoms with Crippen LogP contribution < -0.4 is 16.6 Å². The molecular weight excluding hydrogens is 444 g/mol. The highest BCUT2D eigenvalue weighted by Gasteiger charge is 2.39. The summed E-state index contributed by atoms with van der Waals surface area (Å²) in [6.07, 6.45) is 5.16. The van der Waals surface area contributed by atoms with Gasteiger partial charge in [0.1, 0.15) is 12.1 Å². The maximum absolute atomic E-state index is 12.0. The van der Waals surface area contributed by atoms with Gasteiger partial charge < -0.3 is 15.4 Å². The molecule has 1 aromatic heterocycles. The Bertz CT molecular complexity index is 818. The van der Waals surface area contributed by atoms with Crippen molar-refractivity contribution in [3.63, 3.8) is 0 Å². The molecule has 1 aliphatic rings. The quantitative estimate of drug-likeness (QED) is 0.205. The summed E-state index contributed by atoms with van der Waals surface area (Å²) in [5, 5.41) is 2.05. The summed E-state index contributed by atoms with van der Waals surface area (Å²) in [6.45, 7) is 12.1. The lowest BCUT2D eigenvalue weighted by Crippen LogP contribution is -2.51. The van der Waals surface area contributed by atoms with Crippen molar-refractivity contribution in [2.75, 3.05) is 26.7 Å². The molecule has 7 heteroatoms. The van der Waals surface area contributed by atoms with E-state index in [-0.39, 0.29) is 11.5 Å². The molecule has 3 rings (SSSR count). The lowest BCUT2D eigenvalue weighted by molar-refractivity contribution is -0.124. The number of likely N-dealkylation sites (tertiary alicyclic amines) is 1. The van der Waals surface area contributed by atoms with Crippen LogP contribution in [0.4, 0.5) is 0 Å². The number of carbonyl (C=O) groups is 2. The van der Waals surface area contributed by atoms with Crippen LogP contribution in [0, 0.1) is 0 Å². The number of benzene rings is 1. The van der Waals surface area contributed by atoms with Gasteiger partial charge in [0.2, 0.25) is 0 Å². The van der Waals surface area contributed by atoms with Crippen LogP contribution in [0.5, 0.6) is 0 Å². The zero-order chi connectivity index (χ0) is 25.4. The van der Waals surface area contributed by atoms with Gasteiger partial charge in [-0.25, -0.2) is 5.43 Å². The van der Waals surface area contributed by atoms with Crippen LogP contribution in [0.3, 0.4) is 0 Å². The highest BCUT2D eigenvalue weighted by molar-refractivity contribution is 7.09. The molecule has 1 aromatic carbocycles. The maximum Gasteiger partial charge on any atom is 0.140 e. The van der Waals surface area contributed by atoms with Crippen LogP contribution in [0.25, 0.3) is 0 Å². The zero-order valence-electron chi connectivity index (χ0n) is 21.1. The summed E-state index contributed by atoms with van der Waals surface area (Å²) in [5.41, 5.74) is 12.5. The van der Waals surface area contributed by atoms with E-state index in [1.165, 1.54) is 10.4 Å². The highest BCUT2D eigenvalue weighted by atomic mass is 32.1. The Labute approximate surface area is 209 Å². The Morgan fingerprint density at radius 1 is 1.21 bits per heavy atom. The Balaban J connectivity index is 0.000000317. The predicted molar refractivity (Wildman–Crippen MR) is 144 cm³/mol. The van der Waals surface area contributed by atoms with Crippen LogP contribution in [-0.2, 0) is 21.4 Å². The molecule has 2 atom stereocenters. The van der Waals surface area contributed by atoms with Crippen molar-refractivity contribution >= 4 is 23.4 Å². The molecule has 1 aliphatic heterocycles. The third-order valence-corrected chi connectivity index (χ3v) is 6.96. The Morgan fingerprint density at radius 3 is 2.35 bits per heavy atom. The molecule has 2 heterocycles. The second kappa shape index (κ2) is 16.5. The first-order valence-corrected chi connectivity index (χ1v) is 12.9. The van der Waals surface area contributed by atoms with Crippen molar-refractivity contribution in [3.05, 3.63) is 70.9 Å². The standard InChI is InChI=1S/C14H19NO.C11H17N3OS.C2H6/c1-12(16)14(8-10-15(2)11-9-14)13-6-4-3-5-7-13;1-2-10(12)11(8-15)14-13-6-5-9-4-3-7-16-9;1-2/h3-7H,8-11H2,1-2H3;2-4,7-8,10-11,13-14H,1,5-6,12H2;1-2H3. The summed E-state index contributed by atoms with van der Waals surface area (Å²) in [4.78, 5) is 26.3. The second-order valence-corrected chi connectivity index (χ2v) is 9.22. The summed E-state index contributed by atoms with van der Waals surface area (Å²) in [5.74, 6) is 0.312. The van der Waals surface area contributed by atoms with E-state index in [0.29, 0.717) is 5.78 Å². The molecular formula is C27H42N4O2S. The fourth-order valence-electron chi connectivity index (χ4n) is 3.80. The van der Waals surface area contributed by atoms with Crippen LogP contribution in [0.2, 0.25) is 0 Å². The maximum atomic E-state index is 12.0. The molecule has 2 unspecified atom stereocenters. The molecule has 1 saturated heterocycles. The van der Waals surface area contributed by atoms with Gasteiger partial charge in [-0.15, -0.1) is 17.9 Å². The third kappa shape index (κ3) is 9.24. The molecule has 0 spiro atoms. The minimum atomic E-state index is -0.430. The minimum Gasteiger partial charge on any atom is -0.323 e. The van der Waals surface area contributed by atoms with Gasteiger partial charge in [0.25, 0.3) is 0 Å². The first-order valence-electron chi connectivity index (χ1n) is 12.0. The molecule has 2 aromatic rings. The largest absolute Gasteiger partial charge is 0.323 e. The summed E-state index contributed by atoms with van der Waals surface area (Å²) >= 11 is 1.72. The van der Waals surface area contributed by atoms with Gasteiger partial charge in [-0.2, -0.15) is 0 Å². The molecule has 6 nitrogen and oxygen atoms in total. The smallest absolute Gasteiger partial charge is 0.140 e. The van der Waals surface area contributed by atoms with E-state index in [4.69, 9.17) is 5.73 Å². The SMILES string of the molecule is C=CC(N)C(C=O)NNCCc1cccs1.CC.CC(=O)C1(c2ccccc2)CCN(C)CC1. The van der Waals surface area contributed by atoms with Crippen molar-refractivity contribution in [1.29, 1.82) is 0 Å². The number of Topliss-reactive ketones (excluding diaryl/α,β-unsaturated/α-hetero) is 1. The molecule has 34 heavy (non-hydrogen) atoms. The number of nitrogens with one attached hydrogen (secondary N) is 2. The average molecular weight is 487 g/mol. The number of piperidine rings is 1. The number of nitrogens with two attached hydrogens (primary N) is 1. The number of hydrazine groups is 1. The first-order chi connectivity index (χ1) is 16.4. The van der Waals surface area contributed by atoms with Crippen LogP contribution in [-0.4, -0.2) is 55.7 Å². The topological polar surface area (TPSA) is 87.5 Å². The van der Waals surface area contributed by atoms with Gasteiger partial charge in [-0.05, 0) is 63.3 Å². The number of aldehydes is 1. The lowest BCUT2D eigenvalue weighted by atomic mass is 9.70. The number of hydrogen-bond acceptors (Lipinski definition) is 7. The Morgan fingerprint density at radius 2 is 1.85 bits per heavy atom. The monoisotopic (exact) mass is 486 g/mol. The van der Waals surface area contributed by atoms with E-state index in [1.54, 1.807) is 24.3 Å². The van der Waals surface area contributed by atoms with Crippen molar-refractivity contribution < 1.29 is 9.59 Å². The normalized spacial score (nSPS) is 16.6. The summed E-state index contributed by atoms with van der Waals surface area (Å²) < 4.78 is 0. The van der Waals surface area contributed by atoms with E-state index in [9.17, 15) is 9.59 Å². The highest BCUT2D eigenvalue weighted by Crippen LogP contribution is 2.35. The lowest BCUT2D eigenvalue weighted by Gasteiger charge is -2.39. The van der Waals surface area contributed by atoms with Gasteiger partial charge in [0, 0.05) is 17.5 Å². The van der Waals surface area contributed by atoms with Gasteiger partial charge in [-0.1, -0.05) is 56.3 Å². The van der Waals surface area contributed by atoms with Crippen molar-refractivity contribution in [2.45, 2.75) is 57.5 Å². The number of rotatable bonds is 10. The van der Waals surface area contributed by atoms with Gasteiger partial charge in [-0.3, -0.25) is 10.2 Å². The fraction of sp³-hybridized carbons (Fsp3) is 0.481. The van der Waals surface area contributed by atoms with Crippen LogP contribution >= 0.6 is 11.3 Å². The van der Waals surface area contributed by atoms with Gasteiger partial charge >= 0.3 is 0 Å². The number of carbonyl (C=O) groups excluding carboxylic acids is 2. The predicted octanol–water partition coefficient (Wildman–Crippen LogP) is 3.73. The zero-order valence-corrected chi connectivity index (χ0v) is 21.9. The fourth-order valence-corrected chi connectivity index (χ4v) is 4.51. The first kappa shape index (κ1) is 29.9. The number of hydrogen-bond donors (Lipinski definition) is 3. The average Bonchev–Trinajstić information content (AvgIpc) is 3.40. The van der Waals surface area contributed by atoms with Crippen molar-refractivity contribution in [2.24, 2.45) is 5.73 Å². The number of ketones is 1. The third-order valence-electron chi connectivity index (χ3n) is 6.02. The van der Waals surface area contributed by atoms with E-state index >= 15 is 0 Å².